The molecule has 1 aliphatic heterocycles. The molecular weight excluding hydrogens is 333 g/mol. The molecular formula is C13H15Cl2N3O2S. The Labute approximate surface area is 136 Å². The van der Waals surface area contributed by atoms with Crippen molar-refractivity contribution < 1.29 is 9.47 Å². The average molecular weight is 348 g/mol. The number of halogens is 2. The summed E-state index contributed by atoms with van der Waals surface area (Å²) in [4.78, 5) is 6.57. The third kappa shape index (κ3) is 3.35. The van der Waals surface area contributed by atoms with E-state index in [0.717, 1.165) is 37.5 Å². The molecule has 1 aromatic heterocycles. The van der Waals surface area contributed by atoms with Gasteiger partial charge in [-0.05, 0) is 0 Å². The van der Waals surface area contributed by atoms with Crippen LogP contribution in [0.1, 0.15) is 0 Å². The number of aromatic nitrogens is 1. The second-order valence-electron chi connectivity index (χ2n) is 4.70. The number of morpholine rings is 1. The standard InChI is InChI=1S/C13H15Cl2N3O2S/c14-8-7-9(11-12(10(8)15)21-13(16)17-11)20-6-3-18-1-4-19-5-2-18/h7H,1-6H2,(H2,16,17). The summed E-state index contributed by atoms with van der Waals surface area (Å²) in [5, 5.41) is 1.38. The number of thiazole rings is 1. The minimum atomic E-state index is 0.451. The number of rotatable bonds is 4. The zero-order valence-electron chi connectivity index (χ0n) is 11.3. The maximum absolute atomic E-state index is 6.17. The Balaban J connectivity index is 1.72. The third-order valence-electron chi connectivity index (χ3n) is 3.31. The monoisotopic (exact) mass is 347 g/mol. The predicted octanol–water partition coefficient (Wildman–Crippen LogP) is 2.90. The van der Waals surface area contributed by atoms with Gasteiger partial charge in [-0.1, -0.05) is 34.5 Å². The van der Waals surface area contributed by atoms with Crippen molar-refractivity contribution in [2.45, 2.75) is 0 Å². The SMILES string of the molecule is Nc1nc2c(OCCN3CCOCC3)cc(Cl)c(Cl)c2s1. The van der Waals surface area contributed by atoms with Gasteiger partial charge in [0.2, 0.25) is 0 Å². The topological polar surface area (TPSA) is 60.6 Å². The molecule has 1 aliphatic rings. The summed E-state index contributed by atoms with van der Waals surface area (Å²) in [6.45, 7) is 4.82. The van der Waals surface area contributed by atoms with Crippen LogP contribution in [0.25, 0.3) is 10.2 Å². The van der Waals surface area contributed by atoms with Crippen molar-refractivity contribution in [2.75, 3.05) is 45.2 Å². The molecule has 0 saturated carbocycles. The molecule has 2 N–H and O–H groups in total. The molecule has 3 rings (SSSR count). The summed E-state index contributed by atoms with van der Waals surface area (Å²) in [6.07, 6.45) is 0. The van der Waals surface area contributed by atoms with Crippen molar-refractivity contribution in [3.8, 4) is 5.75 Å². The fourth-order valence-electron chi connectivity index (χ4n) is 2.23. The zero-order valence-corrected chi connectivity index (χ0v) is 13.6. The molecule has 21 heavy (non-hydrogen) atoms. The highest BCUT2D eigenvalue weighted by atomic mass is 35.5. The lowest BCUT2D eigenvalue weighted by Crippen LogP contribution is -2.38. The molecule has 114 valence electrons. The van der Waals surface area contributed by atoms with E-state index in [-0.39, 0.29) is 0 Å². The number of benzene rings is 1. The minimum absolute atomic E-state index is 0.451. The fraction of sp³-hybridized carbons (Fsp3) is 0.462. The van der Waals surface area contributed by atoms with Crippen molar-refractivity contribution in [1.29, 1.82) is 0 Å². The molecule has 0 atom stereocenters. The number of ether oxygens (including phenoxy) is 2. The molecule has 1 aromatic carbocycles. The van der Waals surface area contributed by atoms with Gasteiger partial charge in [-0.15, -0.1) is 0 Å². The molecule has 2 aromatic rings. The van der Waals surface area contributed by atoms with Gasteiger partial charge < -0.3 is 15.2 Å². The van der Waals surface area contributed by atoms with Crippen molar-refractivity contribution in [1.82, 2.24) is 9.88 Å². The van der Waals surface area contributed by atoms with E-state index in [2.05, 4.69) is 9.88 Å². The number of nitrogens with zero attached hydrogens (tertiary/aromatic N) is 2. The number of nitrogen functional groups attached to an aromatic ring is 1. The van der Waals surface area contributed by atoms with Crippen LogP contribution in [0.3, 0.4) is 0 Å². The first kappa shape index (κ1) is 15.1. The fourth-order valence-corrected chi connectivity index (χ4v) is 3.53. The van der Waals surface area contributed by atoms with E-state index in [1.54, 1.807) is 6.07 Å². The van der Waals surface area contributed by atoms with Crippen molar-refractivity contribution in [3.63, 3.8) is 0 Å². The van der Waals surface area contributed by atoms with Gasteiger partial charge >= 0.3 is 0 Å². The smallest absolute Gasteiger partial charge is 0.181 e. The minimum Gasteiger partial charge on any atom is -0.490 e. The normalized spacial score (nSPS) is 16.5. The van der Waals surface area contributed by atoms with Crippen LogP contribution in [0.15, 0.2) is 6.07 Å². The quantitative estimate of drug-likeness (QED) is 0.921. The number of nitrogens with two attached hydrogens (primary N) is 1. The third-order valence-corrected chi connectivity index (χ3v) is 5.11. The van der Waals surface area contributed by atoms with E-state index < -0.39 is 0 Å². The molecule has 0 amide bonds. The predicted molar refractivity (Wildman–Crippen MR) is 86.8 cm³/mol. The van der Waals surface area contributed by atoms with Gasteiger partial charge in [-0.25, -0.2) is 4.98 Å². The van der Waals surface area contributed by atoms with Gasteiger partial charge in [0, 0.05) is 25.7 Å². The zero-order chi connectivity index (χ0) is 14.8. The van der Waals surface area contributed by atoms with E-state index in [1.165, 1.54) is 11.3 Å². The van der Waals surface area contributed by atoms with E-state index in [1.807, 2.05) is 0 Å². The largest absolute Gasteiger partial charge is 0.490 e. The van der Waals surface area contributed by atoms with Crippen LogP contribution in [0.2, 0.25) is 10.0 Å². The van der Waals surface area contributed by atoms with Gasteiger partial charge in [-0.3, -0.25) is 4.90 Å². The number of anilines is 1. The van der Waals surface area contributed by atoms with Gasteiger partial charge in [-0.2, -0.15) is 0 Å². The molecule has 5 nitrogen and oxygen atoms in total. The lowest BCUT2D eigenvalue weighted by molar-refractivity contribution is 0.0323. The molecule has 0 radical (unpaired) electrons. The molecule has 0 spiro atoms. The maximum Gasteiger partial charge on any atom is 0.181 e. The van der Waals surface area contributed by atoms with Crippen LogP contribution in [-0.2, 0) is 4.74 Å². The van der Waals surface area contributed by atoms with E-state index >= 15 is 0 Å². The first-order valence-electron chi connectivity index (χ1n) is 6.62. The Kier molecular flexibility index (Phi) is 4.71. The molecule has 0 unspecified atom stereocenters. The molecule has 0 bridgehead atoms. The molecule has 8 heteroatoms. The van der Waals surface area contributed by atoms with Gasteiger partial charge in [0.1, 0.15) is 17.9 Å². The Morgan fingerprint density at radius 1 is 1.38 bits per heavy atom. The highest BCUT2D eigenvalue weighted by molar-refractivity contribution is 7.22. The Hall–Kier alpha value is -0.790. The highest BCUT2D eigenvalue weighted by Crippen LogP contribution is 2.41. The van der Waals surface area contributed by atoms with Crippen LogP contribution in [0.5, 0.6) is 5.75 Å². The lowest BCUT2D eigenvalue weighted by atomic mass is 10.3. The Morgan fingerprint density at radius 2 is 2.14 bits per heavy atom. The van der Waals surface area contributed by atoms with Gasteiger partial charge in [0.25, 0.3) is 0 Å². The molecule has 1 fully saturated rings. The van der Waals surface area contributed by atoms with E-state index in [0.29, 0.717) is 33.0 Å². The van der Waals surface area contributed by atoms with Crippen molar-refractivity contribution in [2.24, 2.45) is 0 Å². The molecule has 2 heterocycles. The summed E-state index contributed by atoms with van der Waals surface area (Å²) in [7, 11) is 0. The summed E-state index contributed by atoms with van der Waals surface area (Å²) < 4.78 is 11.9. The number of hydrogen-bond acceptors (Lipinski definition) is 6. The van der Waals surface area contributed by atoms with Gasteiger partial charge in [0.05, 0.1) is 28.0 Å². The molecule has 1 saturated heterocycles. The van der Waals surface area contributed by atoms with Gasteiger partial charge in [0.15, 0.2) is 5.13 Å². The summed E-state index contributed by atoms with van der Waals surface area (Å²) in [5.74, 6) is 0.626. The van der Waals surface area contributed by atoms with Crippen LogP contribution in [0, 0.1) is 0 Å². The summed E-state index contributed by atoms with van der Waals surface area (Å²) >= 11 is 13.6. The van der Waals surface area contributed by atoms with Crippen molar-refractivity contribution >= 4 is 49.9 Å². The average Bonchev–Trinajstić information content (AvgIpc) is 2.88. The van der Waals surface area contributed by atoms with Crippen LogP contribution in [0.4, 0.5) is 5.13 Å². The number of hydrogen-bond donors (Lipinski definition) is 1. The van der Waals surface area contributed by atoms with E-state index in [9.17, 15) is 0 Å². The second kappa shape index (κ2) is 6.54. The summed E-state index contributed by atoms with van der Waals surface area (Å²) in [5.41, 5.74) is 6.43. The second-order valence-corrected chi connectivity index (χ2v) is 6.52. The summed E-state index contributed by atoms with van der Waals surface area (Å²) in [6, 6.07) is 1.70. The Morgan fingerprint density at radius 3 is 2.90 bits per heavy atom. The van der Waals surface area contributed by atoms with Crippen LogP contribution >= 0.6 is 34.5 Å². The highest BCUT2D eigenvalue weighted by Gasteiger charge is 2.16. The van der Waals surface area contributed by atoms with Crippen LogP contribution < -0.4 is 10.5 Å². The molecule has 0 aliphatic carbocycles. The first-order chi connectivity index (χ1) is 10.1. The Bertz CT molecular complexity index is 644. The maximum atomic E-state index is 6.17. The first-order valence-corrected chi connectivity index (χ1v) is 8.19. The van der Waals surface area contributed by atoms with Crippen LogP contribution in [-0.4, -0.2) is 49.3 Å². The van der Waals surface area contributed by atoms with E-state index in [4.69, 9.17) is 38.4 Å². The number of fused-ring (bicyclic) bond motifs is 1. The van der Waals surface area contributed by atoms with Crippen molar-refractivity contribution in [3.05, 3.63) is 16.1 Å². The lowest BCUT2D eigenvalue weighted by Gasteiger charge is -2.26.